The number of nitrogens with one attached hydrogen (secondary N) is 3. The summed E-state index contributed by atoms with van der Waals surface area (Å²) in [6.07, 6.45) is 1.17. The molecular weight excluding hydrogens is 444 g/mol. The second-order valence-electron chi connectivity index (χ2n) is 9.00. The molecule has 3 amide bonds. The summed E-state index contributed by atoms with van der Waals surface area (Å²) in [6, 6.07) is 15.2. The maximum absolute atomic E-state index is 13.7. The van der Waals surface area contributed by atoms with Crippen molar-refractivity contribution in [2.45, 2.75) is 58.7 Å². The van der Waals surface area contributed by atoms with Gasteiger partial charge in [-0.25, -0.2) is 0 Å². The number of hydrogen-bond donors (Lipinski definition) is 3. The molecule has 1 aliphatic rings. The van der Waals surface area contributed by atoms with E-state index in [0.29, 0.717) is 24.2 Å². The van der Waals surface area contributed by atoms with Crippen LogP contribution in [0.15, 0.2) is 54.6 Å². The van der Waals surface area contributed by atoms with Gasteiger partial charge in [0.05, 0.1) is 6.04 Å². The fourth-order valence-corrected chi connectivity index (χ4v) is 4.21. The fraction of sp³-hybridized carbons (Fsp3) is 0.444. The zero-order valence-corrected chi connectivity index (χ0v) is 20.9. The molecule has 0 spiro atoms. The Morgan fingerprint density at radius 3 is 2.40 bits per heavy atom. The summed E-state index contributed by atoms with van der Waals surface area (Å²) in [5.74, 6) is -0.676. The van der Waals surface area contributed by atoms with Crippen molar-refractivity contribution in [3.8, 4) is 0 Å². The third-order valence-corrected chi connectivity index (χ3v) is 6.49. The maximum Gasteiger partial charge on any atom is 0.251 e. The van der Waals surface area contributed by atoms with Crippen molar-refractivity contribution in [1.29, 1.82) is 0 Å². The molecule has 8 nitrogen and oxygen atoms in total. The normalized spacial score (nSPS) is 19.0. The molecule has 8 heteroatoms. The van der Waals surface area contributed by atoms with Gasteiger partial charge in [0.25, 0.3) is 5.91 Å². The van der Waals surface area contributed by atoms with E-state index < -0.39 is 6.04 Å². The second-order valence-corrected chi connectivity index (χ2v) is 9.00. The Balaban J connectivity index is 1.79. The van der Waals surface area contributed by atoms with Gasteiger partial charge in [-0.2, -0.15) is 5.48 Å². The Hall–Kier alpha value is -3.23. The first-order valence-electron chi connectivity index (χ1n) is 12.3. The van der Waals surface area contributed by atoms with Crippen molar-refractivity contribution in [2.24, 2.45) is 5.92 Å². The number of nitrogens with zero attached hydrogens (tertiary/aromatic N) is 1. The van der Waals surface area contributed by atoms with E-state index in [1.54, 1.807) is 24.3 Å². The summed E-state index contributed by atoms with van der Waals surface area (Å²) in [7, 11) is 0. The lowest BCUT2D eigenvalue weighted by atomic mass is 9.96. The first-order chi connectivity index (χ1) is 16.8. The lowest BCUT2D eigenvalue weighted by Gasteiger charge is -2.29. The SMILES string of the molecule is CCC(NC(=O)c1ccccc1)C(=O)N(CC(=O)NC1CNOC1C(C)CC)c1ccccc1C. The Bertz CT molecular complexity index is 1010. The average Bonchev–Trinajstić information content (AvgIpc) is 3.33. The summed E-state index contributed by atoms with van der Waals surface area (Å²) < 4.78 is 0. The molecule has 3 N–H and O–H groups in total. The van der Waals surface area contributed by atoms with Gasteiger partial charge in [0.1, 0.15) is 18.7 Å². The van der Waals surface area contributed by atoms with Crippen LogP contribution in [0.2, 0.25) is 0 Å². The van der Waals surface area contributed by atoms with Gasteiger partial charge in [-0.15, -0.1) is 0 Å². The van der Waals surface area contributed by atoms with Gasteiger partial charge in [0.15, 0.2) is 0 Å². The van der Waals surface area contributed by atoms with Crippen molar-refractivity contribution in [3.63, 3.8) is 0 Å². The molecule has 1 saturated heterocycles. The number of carbonyl (C=O) groups excluding carboxylic acids is 3. The molecule has 0 saturated carbocycles. The van der Waals surface area contributed by atoms with Crippen LogP contribution >= 0.6 is 0 Å². The lowest BCUT2D eigenvalue weighted by molar-refractivity contribution is -0.125. The van der Waals surface area contributed by atoms with Crippen LogP contribution in [0.1, 0.15) is 49.5 Å². The highest BCUT2D eigenvalue weighted by atomic mass is 16.7. The quantitative estimate of drug-likeness (QED) is 0.486. The number of aryl methyl sites for hydroxylation is 1. The minimum atomic E-state index is -0.778. The van der Waals surface area contributed by atoms with Crippen molar-refractivity contribution in [2.75, 3.05) is 18.0 Å². The molecule has 4 atom stereocenters. The summed E-state index contributed by atoms with van der Waals surface area (Å²) in [6.45, 7) is 8.24. The maximum atomic E-state index is 13.7. The van der Waals surface area contributed by atoms with Crippen molar-refractivity contribution >= 4 is 23.4 Å². The zero-order valence-electron chi connectivity index (χ0n) is 20.9. The topological polar surface area (TPSA) is 99.8 Å². The van der Waals surface area contributed by atoms with E-state index in [9.17, 15) is 14.4 Å². The summed E-state index contributed by atoms with van der Waals surface area (Å²) in [4.78, 5) is 46.6. The van der Waals surface area contributed by atoms with Gasteiger partial charge in [-0.3, -0.25) is 19.2 Å². The molecule has 1 aliphatic heterocycles. The molecule has 0 aliphatic carbocycles. The van der Waals surface area contributed by atoms with E-state index in [0.717, 1.165) is 12.0 Å². The largest absolute Gasteiger partial charge is 0.348 e. The number of hydrogen-bond acceptors (Lipinski definition) is 5. The third-order valence-electron chi connectivity index (χ3n) is 6.49. The van der Waals surface area contributed by atoms with Crippen LogP contribution < -0.4 is 21.0 Å². The Kier molecular flexibility index (Phi) is 9.39. The van der Waals surface area contributed by atoms with Crippen LogP contribution in [0.4, 0.5) is 5.69 Å². The number of anilines is 1. The van der Waals surface area contributed by atoms with Crippen LogP contribution in [0.5, 0.6) is 0 Å². The molecule has 0 bridgehead atoms. The van der Waals surface area contributed by atoms with Gasteiger partial charge in [0, 0.05) is 17.8 Å². The minimum absolute atomic E-state index is 0.139. The highest BCUT2D eigenvalue weighted by molar-refractivity contribution is 6.05. The van der Waals surface area contributed by atoms with Crippen LogP contribution in [0, 0.1) is 12.8 Å². The van der Waals surface area contributed by atoms with Crippen LogP contribution in [-0.4, -0.2) is 49.0 Å². The van der Waals surface area contributed by atoms with E-state index in [1.165, 1.54) is 4.90 Å². The van der Waals surface area contributed by atoms with E-state index in [-0.39, 0.29) is 42.3 Å². The smallest absolute Gasteiger partial charge is 0.251 e. The van der Waals surface area contributed by atoms with E-state index in [2.05, 4.69) is 30.0 Å². The van der Waals surface area contributed by atoms with Gasteiger partial charge in [0.2, 0.25) is 11.8 Å². The first-order valence-corrected chi connectivity index (χ1v) is 12.3. The molecule has 35 heavy (non-hydrogen) atoms. The highest BCUT2D eigenvalue weighted by Crippen LogP contribution is 2.22. The number of rotatable bonds is 10. The molecule has 0 radical (unpaired) electrons. The van der Waals surface area contributed by atoms with Gasteiger partial charge in [-0.05, 0) is 43.0 Å². The van der Waals surface area contributed by atoms with Gasteiger partial charge < -0.3 is 15.5 Å². The van der Waals surface area contributed by atoms with Crippen molar-refractivity contribution in [1.82, 2.24) is 16.1 Å². The molecule has 3 rings (SSSR count). The van der Waals surface area contributed by atoms with Gasteiger partial charge >= 0.3 is 0 Å². The first kappa shape index (κ1) is 26.4. The number of hydroxylamine groups is 1. The Labute approximate surface area is 207 Å². The third kappa shape index (κ3) is 6.68. The number of benzene rings is 2. The molecule has 1 fully saturated rings. The predicted octanol–water partition coefficient (Wildman–Crippen LogP) is 2.97. The highest BCUT2D eigenvalue weighted by Gasteiger charge is 2.35. The zero-order chi connectivity index (χ0) is 25.4. The van der Waals surface area contributed by atoms with Crippen LogP contribution in [0.3, 0.4) is 0 Å². The molecule has 1 heterocycles. The van der Waals surface area contributed by atoms with Crippen LogP contribution in [-0.2, 0) is 14.4 Å². The summed E-state index contributed by atoms with van der Waals surface area (Å²) in [5, 5.41) is 5.87. The molecule has 4 unspecified atom stereocenters. The molecule has 2 aromatic rings. The van der Waals surface area contributed by atoms with E-state index >= 15 is 0 Å². The van der Waals surface area contributed by atoms with Crippen molar-refractivity contribution < 1.29 is 19.2 Å². The second kappa shape index (κ2) is 12.5. The number of amides is 3. The molecule has 0 aromatic heterocycles. The van der Waals surface area contributed by atoms with E-state index in [1.807, 2.05) is 44.2 Å². The lowest BCUT2D eigenvalue weighted by Crippen LogP contribution is -2.53. The van der Waals surface area contributed by atoms with Crippen molar-refractivity contribution in [3.05, 3.63) is 65.7 Å². The summed E-state index contributed by atoms with van der Waals surface area (Å²) in [5.41, 5.74) is 4.86. The summed E-state index contributed by atoms with van der Waals surface area (Å²) >= 11 is 0. The molecular formula is C27H36N4O4. The van der Waals surface area contributed by atoms with Gasteiger partial charge in [-0.1, -0.05) is 63.6 Å². The average molecular weight is 481 g/mol. The monoisotopic (exact) mass is 480 g/mol. The number of carbonyl (C=O) groups is 3. The molecule has 2 aromatic carbocycles. The minimum Gasteiger partial charge on any atom is -0.348 e. The Morgan fingerprint density at radius 1 is 1.06 bits per heavy atom. The Morgan fingerprint density at radius 2 is 1.74 bits per heavy atom. The number of para-hydroxylation sites is 1. The van der Waals surface area contributed by atoms with E-state index in [4.69, 9.17) is 4.84 Å². The standard InChI is InChI=1S/C27H36N4O4/c1-5-18(3)25-22(16-28-35-25)29-24(32)17-31(23-15-11-10-12-19(23)4)27(34)21(6-2)30-26(33)20-13-8-7-9-14-20/h7-15,18,21-22,25,28H,5-6,16-17H2,1-4H3,(H,29,32)(H,30,33). The predicted molar refractivity (Wildman–Crippen MR) is 136 cm³/mol. The molecule has 188 valence electrons. The van der Waals surface area contributed by atoms with Crippen LogP contribution in [0.25, 0.3) is 0 Å². The fourth-order valence-electron chi connectivity index (χ4n) is 4.21.